The number of methoxy groups -OCH3 is 1. The van der Waals surface area contributed by atoms with E-state index in [0.29, 0.717) is 0 Å². The first-order valence-electron chi connectivity index (χ1n) is 7.46. The highest BCUT2D eigenvalue weighted by atomic mass is 35.5. The Hall–Kier alpha value is -2.92. The highest BCUT2D eigenvalue weighted by Gasteiger charge is 2.22. The van der Waals surface area contributed by atoms with Gasteiger partial charge in [-0.25, -0.2) is 4.79 Å². The monoisotopic (exact) mass is 414 g/mol. The van der Waals surface area contributed by atoms with E-state index in [-0.39, 0.29) is 39.4 Å². The van der Waals surface area contributed by atoms with E-state index in [1.54, 1.807) is 6.92 Å². The predicted octanol–water partition coefficient (Wildman–Crippen LogP) is 1.49. The number of rotatable bonds is 8. The highest BCUT2D eigenvalue weighted by molar-refractivity contribution is 7.10. The Morgan fingerprint density at radius 3 is 2.70 bits per heavy atom. The molecule has 0 saturated heterocycles. The molecule has 0 radical (unpaired) electrons. The molecule has 10 nitrogen and oxygen atoms in total. The van der Waals surface area contributed by atoms with Crippen molar-refractivity contribution < 1.29 is 28.6 Å². The number of nitrogens with two attached hydrogens (primary N) is 1. The van der Waals surface area contributed by atoms with Gasteiger partial charge in [-0.15, -0.1) is 5.10 Å². The van der Waals surface area contributed by atoms with Gasteiger partial charge in [-0.3, -0.25) is 9.59 Å². The fourth-order valence-electron chi connectivity index (χ4n) is 1.92. The van der Waals surface area contributed by atoms with Crippen LogP contribution in [0.2, 0.25) is 5.02 Å². The van der Waals surface area contributed by atoms with Gasteiger partial charge in [0.15, 0.2) is 23.1 Å². The van der Waals surface area contributed by atoms with Crippen molar-refractivity contribution in [3.63, 3.8) is 0 Å². The van der Waals surface area contributed by atoms with Gasteiger partial charge in [0.05, 0.1) is 18.7 Å². The lowest BCUT2D eigenvalue weighted by atomic mass is 10.2. The zero-order valence-electron chi connectivity index (χ0n) is 14.3. The number of hydrogen-bond donors (Lipinski definition) is 2. The van der Waals surface area contributed by atoms with Gasteiger partial charge in [-0.2, -0.15) is 0 Å². The highest BCUT2D eigenvalue weighted by Crippen LogP contribution is 2.36. The number of carbonyl (C=O) groups is 3. The van der Waals surface area contributed by atoms with E-state index in [4.69, 9.17) is 31.5 Å². The topological polar surface area (TPSA) is 143 Å². The normalized spacial score (nSPS) is 10.2. The molecule has 27 heavy (non-hydrogen) atoms. The maximum atomic E-state index is 12.5. The zero-order chi connectivity index (χ0) is 20.0. The number of anilines is 1. The number of carbonyl (C=O) groups excluding carboxylic acids is 3. The van der Waals surface area contributed by atoms with Crippen molar-refractivity contribution in [1.82, 2.24) is 9.59 Å². The van der Waals surface area contributed by atoms with Crippen LogP contribution in [0.1, 0.15) is 27.8 Å². The van der Waals surface area contributed by atoms with Crippen LogP contribution in [0.15, 0.2) is 12.1 Å². The lowest BCUT2D eigenvalue weighted by Crippen LogP contribution is -2.20. The number of hydrogen-bond acceptors (Lipinski definition) is 9. The number of halogens is 1. The van der Waals surface area contributed by atoms with Crippen LogP contribution < -0.4 is 20.5 Å². The van der Waals surface area contributed by atoms with Crippen molar-refractivity contribution in [3.05, 3.63) is 28.4 Å². The van der Waals surface area contributed by atoms with Crippen molar-refractivity contribution in [2.45, 2.75) is 6.92 Å². The maximum absolute atomic E-state index is 12.5. The third-order valence-corrected chi connectivity index (χ3v) is 3.96. The van der Waals surface area contributed by atoms with Crippen LogP contribution in [0.25, 0.3) is 0 Å². The van der Waals surface area contributed by atoms with E-state index in [1.807, 2.05) is 0 Å². The molecule has 0 aliphatic heterocycles. The molecule has 2 amide bonds. The fraction of sp³-hybridized carbons (Fsp3) is 0.267. The van der Waals surface area contributed by atoms with Crippen molar-refractivity contribution in [1.29, 1.82) is 0 Å². The molecule has 0 bridgehead atoms. The largest absolute Gasteiger partial charge is 0.493 e. The van der Waals surface area contributed by atoms with Crippen LogP contribution in [-0.2, 0) is 9.53 Å². The summed E-state index contributed by atoms with van der Waals surface area (Å²) in [5.74, 6) is -1.79. The molecular formula is C15H15ClN4O6S. The Bertz CT molecular complexity index is 872. The Labute approximate surface area is 162 Å². The van der Waals surface area contributed by atoms with E-state index in [2.05, 4.69) is 14.9 Å². The predicted molar refractivity (Wildman–Crippen MR) is 96.5 cm³/mol. The quantitative estimate of drug-likeness (QED) is 0.618. The van der Waals surface area contributed by atoms with Gasteiger partial charge in [0.1, 0.15) is 0 Å². The van der Waals surface area contributed by atoms with Gasteiger partial charge < -0.3 is 25.3 Å². The number of benzene rings is 1. The molecule has 0 saturated carbocycles. The molecule has 12 heteroatoms. The van der Waals surface area contributed by atoms with Crippen LogP contribution >= 0.6 is 23.1 Å². The molecule has 1 aromatic carbocycles. The molecule has 0 atom stereocenters. The number of nitrogens with one attached hydrogen (secondary N) is 1. The van der Waals surface area contributed by atoms with Gasteiger partial charge in [0.2, 0.25) is 5.69 Å². The number of primary amides is 1. The summed E-state index contributed by atoms with van der Waals surface area (Å²) in [4.78, 5) is 35.2. The lowest BCUT2D eigenvalue weighted by Gasteiger charge is -2.13. The summed E-state index contributed by atoms with van der Waals surface area (Å²) in [6, 6.07) is 2.67. The molecule has 1 heterocycles. The first-order valence-corrected chi connectivity index (χ1v) is 8.62. The summed E-state index contributed by atoms with van der Waals surface area (Å²) in [7, 11) is 1.34. The van der Waals surface area contributed by atoms with Crippen LogP contribution in [0.5, 0.6) is 11.5 Å². The number of aromatic nitrogens is 2. The van der Waals surface area contributed by atoms with Crippen molar-refractivity contribution in [3.8, 4) is 11.5 Å². The molecule has 0 aliphatic rings. The standard InChI is InChI=1S/C15H15ClN4O6S/c1-3-25-15(23)11-14(27-20-19-11)18-13(22)7-4-8(16)12(9(5-7)24-2)26-6-10(17)21/h4-5H,3,6H2,1-2H3,(H2,17,21)(H,18,22). The number of esters is 1. The molecule has 0 spiro atoms. The minimum Gasteiger partial charge on any atom is -0.493 e. The Morgan fingerprint density at radius 2 is 2.07 bits per heavy atom. The fourth-order valence-corrected chi connectivity index (χ4v) is 2.73. The second-order valence-corrected chi connectivity index (χ2v) is 6.03. The summed E-state index contributed by atoms with van der Waals surface area (Å²) in [5, 5.41) is 6.33. The number of nitrogens with zero attached hydrogens (tertiary/aromatic N) is 2. The molecule has 0 unspecified atom stereocenters. The van der Waals surface area contributed by atoms with Crippen LogP contribution in [0.3, 0.4) is 0 Å². The maximum Gasteiger partial charge on any atom is 0.362 e. The Kier molecular flexibility index (Phi) is 6.91. The smallest absolute Gasteiger partial charge is 0.362 e. The second-order valence-electron chi connectivity index (χ2n) is 4.87. The molecule has 3 N–H and O–H groups in total. The Balaban J connectivity index is 2.25. The summed E-state index contributed by atoms with van der Waals surface area (Å²) >= 11 is 6.93. The second kappa shape index (κ2) is 9.14. The van der Waals surface area contributed by atoms with Crippen molar-refractivity contribution >= 4 is 45.9 Å². The van der Waals surface area contributed by atoms with Gasteiger partial charge in [0, 0.05) is 17.1 Å². The third kappa shape index (κ3) is 5.05. The molecule has 1 aromatic heterocycles. The van der Waals surface area contributed by atoms with Crippen molar-refractivity contribution in [2.75, 3.05) is 25.6 Å². The van der Waals surface area contributed by atoms with E-state index >= 15 is 0 Å². The summed E-state index contributed by atoms with van der Waals surface area (Å²) < 4.78 is 18.8. The Morgan fingerprint density at radius 1 is 1.33 bits per heavy atom. The van der Waals surface area contributed by atoms with E-state index < -0.39 is 24.4 Å². The van der Waals surface area contributed by atoms with Gasteiger partial charge >= 0.3 is 5.97 Å². The summed E-state index contributed by atoms with van der Waals surface area (Å²) in [5.41, 5.74) is 5.05. The van der Waals surface area contributed by atoms with Crippen molar-refractivity contribution in [2.24, 2.45) is 5.73 Å². The first-order chi connectivity index (χ1) is 12.9. The van der Waals surface area contributed by atoms with Crippen LogP contribution in [-0.4, -0.2) is 47.7 Å². The molecule has 0 fully saturated rings. The number of amides is 2. The van der Waals surface area contributed by atoms with Crippen LogP contribution in [0.4, 0.5) is 5.00 Å². The van der Waals surface area contributed by atoms with Gasteiger partial charge in [-0.05, 0) is 19.1 Å². The number of ether oxygens (including phenoxy) is 3. The zero-order valence-corrected chi connectivity index (χ0v) is 15.8. The average Bonchev–Trinajstić information content (AvgIpc) is 3.08. The summed E-state index contributed by atoms with van der Waals surface area (Å²) in [6.07, 6.45) is 0. The van der Waals surface area contributed by atoms with E-state index in [1.165, 1.54) is 19.2 Å². The summed E-state index contributed by atoms with van der Waals surface area (Å²) in [6.45, 7) is 1.40. The molecule has 2 rings (SSSR count). The van der Waals surface area contributed by atoms with E-state index in [0.717, 1.165) is 11.5 Å². The van der Waals surface area contributed by atoms with E-state index in [9.17, 15) is 14.4 Å². The van der Waals surface area contributed by atoms with Gasteiger partial charge in [-0.1, -0.05) is 16.1 Å². The lowest BCUT2D eigenvalue weighted by molar-refractivity contribution is -0.119. The minimum absolute atomic E-state index is 0.0359. The van der Waals surface area contributed by atoms with Crippen LogP contribution in [0, 0.1) is 0 Å². The molecule has 2 aromatic rings. The molecule has 144 valence electrons. The minimum atomic E-state index is -0.702. The average molecular weight is 415 g/mol. The third-order valence-electron chi connectivity index (χ3n) is 3.03. The SMILES string of the molecule is CCOC(=O)c1nnsc1NC(=O)c1cc(Cl)c(OCC(N)=O)c(OC)c1. The first kappa shape index (κ1) is 20.4. The molecule has 0 aliphatic carbocycles. The van der Waals surface area contributed by atoms with Gasteiger partial charge in [0.25, 0.3) is 11.8 Å². The molecular weight excluding hydrogens is 400 g/mol.